The summed E-state index contributed by atoms with van der Waals surface area (Å²) in [5, 5.41) is 18.7. The molecular formula is C22H20BrF3N2O4S. The smallest absolute Gasteiger partial charge is 0.416 e. The Balaban J connectivity index is 1.65. The minimum absolute atomic E-state index is 0.0666. The number of nitriles is 1. The van der Waals surface area contributed by atoms with Gasteiger partial charge in [-0.25, -0.2) is 8.42 Å². The van der Waals surface area contributed by atoms with Crippen LogP contribution in [0.5, 0.6) is 5.75 Å². The number of fused-ring (bicyclic) bond motifs is 1. The van der Waals surface area contributed by atoms with Gasteiger partial charge < -0.3 is 9.84 Å². The number of hydrogen-bond acceptors (Lipinski definition) is 5. The Bertz CT molecular complexity index is 1210. The maximum Gasteiger partial charge on any atom is 0.416 e. The van der Waals surface area contributed by atoms with Crippen molar-refractivity contribution < 1.29 is 31.4 Å². The molecule has 6 nitrogen and oxygen atoms in total. The maximum atomic E-state index is 13.5. The summed E-state index contributed by atoms with van der Waals surface area (Å²) < 4.78 is 74.2. The third-order valence-electron chi connectivity index (χ3n) is 6.10. The molecule has 1 N–H and O–H groups in total. The van der Waals surface area contributed by atoms with Crippen LogP contribution in [0.25, 0.3) is 0 Å². The first-order valence-corrected chi connectivity index (χ1v) is 12.4. The fourth-order valence-corrected chi connectivity index (χ4v) is 6.33. The summed E-state index contributed by atoms with van der Waals surface area (Å²) in [6.45, 7) is -0.324. The lowest BCUT2D eigenvalue weighted by Gasteiger charge is -2.44. The molecule has 1 saturated carbocycles. The number of benzene rings is 2. The molecule has 1 heterocycles. The number of rotatable bonds is 5. The molecule has 0 bridgehead atoms. The summed E-state index contributed by atoms with van der Waals surface area (Å²) in [4.78, 5) is -0.462. The number of hydrogen-bond donors (Lipinski definition) is 1. The lowest BCUT2D eigenvalue weighted by molar-refractivity contribution is -0.137. The van der Waals surface area contributed by atoms with Gasteiger partial charge in [-0.2, -0.15) is 18.4 Å². The van der Waals surface area contributed by atoms with Crippen molar-refractivity contribution in [1.29, 1.82) is 5.26 Å². The third kappa shape index (κ3) is 4.56. The number of sulfonamides is 1. The molecule has 1 aliphatic heterocycles. The van der Waals surface area contributed by atoms with Crippen LogP contribution >= 0.6 is 15.9 Å². The summed E-state index contributed by atoms with van der Waals surface area (Å²) >= 11 is 3.30. The van der Waals surface area contributed by atoms with Crippen LogP contribution < -0.4 is 9.04 Å². The van der Waals surface area contributed by atoms with Crippen molar-refractivity contribution in [1.82, 2.24) is 0 Å². The number of anilines is 1. The second-order valence-electron chi connectivity index (χ2n) is 8.47. The van der Waals surface area contributed by atoms with E-state index < -0.39 is 38.2 Å². The van der Waals surface area contributed by atoms with E-state index in [1.54, 1.807) is 18.2 Å². The van der Waals surface area contributed by atoms with Crippen molar-refractivity contribution in [2.45, 2.75) is 36.4 Å². The Morgan fingerprint density at radius 1 is 1.24 bits per heavy atom. The molecule has 0 saturated heterocycles. The van der Waals surface area contributed by atoms with Gasteiger partial charge in [-0.15, -0.1) is 0 Å². The zero-order chi connectivity index (χ0) is 24.0. The van der Waals surface area contributed by atoms with Crippen molar-refractivity contribution in [3.8, 4) is 11.8 Å². The summed E-state index contributed by atoms with van der Waals surface area (Å²) in [5.74, 6) is 0.370. The largest absolute Gasteiger partial charge is 0.486 e. The van der Waals surface area contributed by atoms with Gasteiger partial charge in [0.1, 0.15) is 11.9 Å². The lowest BCUT2D eigenvalue weighted by atomic mass is 9.62. The van der Waals surface area contributed by atoms with Crippen molar-refractivity contribution in [3.05, 3.63) is 52.5 Å². The van der Waals surface area contributed by atoms with Gasteiger partial charge in [-0.1, -0.05) is 22.0 Å². The monoisotopic (exact) mass is 544 g/mol. The van der Waals surface area contributed by atoms with E-state index in [9.17, 15) is 32.0 Å². The second kappa shape index (κ2) is 8.49. The van der Waals surface area contributed by atoms with Gasteiger partial charge in [-0.3, -0.25) is 4.31 Å². The first-order valence-electron chi connectivity index (χ1n) is 10.2. The maximum absolute atomic E-state index is 13.5. The lowest BCUT2D eigenvalue weighted by Crippen LogP contribution is -2.47. The fraction of sp³-hybridized carbons (Fsp3) is 0.409. The average molecular weight is 545 g/mol. The van der Waals surface area contributed by atoms with Gasteiger partial charge >= 0.3 is 6.18 Å². The van der Waals surface area contributed by atoms with Crippen LogP contribution in [0, 0.1) is 22.7 Å². The molecule has 0 radical (unpaired) electrons. The highest BCUT2D eigenvalue weighted by molar-refractivity contribution is 9.10. The van der Waals surface area contributed by atoms with Crippen LogP contribution in [0.4, 0.5) is 18.9 Å². The fourth-order valence-electron chi connectivity index (χ4n) is 4.44. The molecule has 2 aliphatic rings. The minimum atomic E-state index is -4.68. The molecule has 11 heteroatoms. The summed E-state index contributed by atoms with van der Waals surface area (Å²) in [6.07, 6.45) is -3.82. The van der Waals surface area contributed by atoms with Gasteiger partial charge in [0, 0.05) is 4.47 Å². The Morgan fingerprint density at radius 2 is 1.97 bits per heavy atom. The normalized spacial score (nSPS) is 24.9. The molecule has 1 atom stereocenters. The highest BCUT2D eigenvalue weighted by Crippen LogP contribution is 2.48. The quantitative estimate of drug-likeness (QED) is 0.587. The van der Waals surface area contributed by atoms with E-state index in [0.29, 0.717) is 35.6 Å². The Kier molecular flexibility index (Phi) is 6.14. The zero-order valence-electron chi connectivity index (χ0n) is 17.2. The molecule has 0 spiro atoms. The van der Waals surface area contributed by atoms with E-state index in [1.165, 1.54) is 0 Å². The van der Waals surface area contributed by atoms with E-state index in [1.807, 2.05) is 0 Å². The van der Waals surface area contributed by atoms with Crippen LogP contribution in [0.1, 0.15) is 24.8 Å². The molecule has 2 aromatic carbocycles. The highest BCUT2D eigenvalue weighted by Gasteiger charge is 2.46. The molecular weight excluding hydrogens is 525 g/mol. The van der Waals surface area contributed by atoms with E-state index >= 15 is 0 Å². The number of alkyl halides is 3. The Labute approximate surface area is 197 Å². The molecule has 176 valence electrons. The van der Waals surface area contributed by atoms with Crippen LogP contribution in [0.15, 0.2) is 51.8 Å². The second-order valence-corrected chi connectivity index (χ2v) is 11.3. The molecule has 0 amide bonds. The predicted molar refractivity (Wildman–Crippen MR) is 117 cm³/mol. The van der Waals surface area contributed by atoms with E-state index in [-0.39, 0.29) is 24.8 Å². The molecule has 4 rings (SSSR count). The van der Waals surface area contributed by atoms with Crippen molar-refractivity contribution in [2.24, 2.45) is 11.3 Å². The number of aliphatic hydroxyl groups is 1. The predicted octanol–water partition coefficient (Wildman–Crippen LogP) is 4.73. The van der Waals surface area contributed by atoms with Crippen LogP contribution in [-0.2, 0) is 16.2 Å². The average Bonchev–Trinajstić information content (AvgIpc) is 2.75. The van der Waals surface area contributed by atoms with Gasteiger partial charge in [0.05, 0.1) is 40.8 Å². The SMILES string of the molecule is N#CC1(CO)CC(C[C@H]2CN(S(=O)(=O)c3cccc(C(F)(F)F)c3)c3cc(Br)ccc3O2)C1. The Morgan fingerprint density at radius 3 is 2.61 bits per heavy atom. The minimum Gasteiger partial charge on any atom is -0.486 e. The molecule has 1 fully saturated rings. The number of aliphatic hydroxyl groups excluding tert-OH is 1. The van der Waals surface area contributed by atoms with Gasteiger partial charge in [-0.05, 0) is 61.6 Å². The first kappa shape index (κ1) is 23.9. The van der Waals surface area contributed by atoms with E-state index in [0.717, 1.165) is 22.5 Å². The summed E-state index contributed by atoms with van der Waals surface area (Å²) in [6, 6.07) is 10.6. The Hall–Kier alpha value is -2.29. The van der Waals surface area contributed by atoms with Crippen LogP contribution in [0.3, 0.4) is 0 Å². The third-order valence-corrected chi connectivity index (χ3v) is 8.37. The van der Waals surface area contributed by atoms with Crippen molar-refractivity contribution in [3.63, 3.8) is 0 Å². The molecule has 1 aliphatic carbocycles. The first-order chi connectivity index (χ1) is 15.5. The van der Waals surface area contributed by atoms with Crippen molar-refractivity contribution >= 4 is 31.6 Å². The zero-order valence-corrected chi connectivity index (χ0v) is 19.6. The van der Waals surface area contributed by atoms with Gasteiger partial charge in [0.15, 0.2) is 0 Å². The highest BCUT2D eigenvalue weighted by atomic mass is 79.9. The van der Waals surface area contributed by atoms with E-state index in [4.69, 9.17) is 4.74 Å². The molecule has 0 aromatic heterocycles. The van der Waals surface area contributed by atoms with E-state index in [2.05, 4.69) is 22.0 Å². The number of ether oxygens (including phenoxy) is 1. The summed E-state index contributed by atoms with van der Waals surface area (Å²) in [5.41, 5.74) is -1.59. The van der Waals surface area contributed by atoms with Crippen molar-refractivity contribution in [2.75, 3.05) is 17.5 Å². The van der Waals surface area contributed by atoms with Gasteiger partial charge in [0.2, 0.25) is 0 Å². The molecule has 33 heavy (non-hydrogen) atoms. The van der Waals surface area contributed by atoms with Crippen LogP contribution in [-0.4, -0.2) is 32.8 Å². The standard InChI is InChI=1S/C22H20BrF3N2O4S/c23-16-4-5-20-19(8-16)28(11-17(32-20)6-14-9-21(10-14,12-27)13-29)33(30,31)18-3-1-2-15(7-18)22(24,25)26/h1-5,7-8,14,17,29H,6,9-11,13H2/t14?,17-,21?/m0/s1. The topological polar surface area (TPSA) is 90.6 Å². The molecule has 0 unspecified atom stereocenters. The molecule has 2 aromatic rings. The number of halogens is 4. The summed E-state index contributed by atoms with van der Waals surface area (Å²) in [7, 11) is -4.32. The van der Waals surface area contributed by atoms with Crippen LogP contribution in [0.2, 0.25) is 0 Å². The van der Waals surface area contributed by atoms with Gasteiger partial charge in [0.25, 0.3) is 10.0 Å². The number of nitrogens with zero attached hydrogens (tertiary/aromatic N) is 2.